The van der Waals surface area contributed by atoms with E-state index in [0.717, 1.165) is 42.0 Å². The SMILES string of the molecule is CCC1CCC(CCC2CCC(c3ccc(Cc4ccc(N)cc4)cc3)(c3ccc(Cc4ccc(N)cc4)cc3)CC2)CC1. The molecule has 2 aliphatic rings. The molecule has 4 aromatic carbocycles. The van der Waals surface area contributed by atoms with E-state index in [4.69, 9.17) is 11.5 Å². The van der Waals surface area contributed by atoms with Gasteiger partial charge in [-0.1, -0.05) is 125 Å². The van der Waals surface area contributed by atoms with E-state index in [-0.39, 0.29) is 5.41 Å². The number of hydrogen-bond donors (Lipinski definition) is 2. The third kappa shape index (κ3) is 7.40. The van der Waals surface area contributed by atoms with Gasteiger partial charge in [0.25, 0.3) is 0 Å². The molecule has 0 radical (unpaired) electrons. The summed E-state index contributed by atoms with van der Waals surface area (Å²) < 4.78 is 0. The van der Waals surface area contributed by atoms with Crippen molar-refractivity contribution in [3.63, 3.8) is 0 Å². The Morgan fingerprint density at radius 1 is 0.477 bits per heavy atom. The van der Waals surface area contributed by atoms with Crippen molar-refractivity contribution in [2.75, 3.05) is 11.5 Å². The van der Waals surface area contributed by atoms with Crippen molar-refractivity contribution >= 4 is 11.4 Å². The van der Waals surface area contributed by atoms with Crippen LogP contribution in [-0.4, -0.2) is 0 Å². The van der Waals surface area contributed by atoms with Gasteiger partial charge in [-0.2, -0.15) is 0 Å². The van der Waals surface area contributed by atoms with Crippen LogP contribution in [0, 0.1) is 17.8 Å². The molecule has 0 aliphatic heterocycles. The van der Waals surface area contributed by atoms with Gasteiger partial charge in [-0.15, -0.1) is 0 Å². The van der Waals surface area contributed by atoms with Gasteiger partial charge in [-0.05, 0) is 114 Å². The summed E-state index contributed by atoms with van der Waals surface area (Å²) >= 11 is 0. The van der Waals surface area contributed by atoms with E-state index in [0.29, 0.717) is 0 Å². The van der Waals surface area contributed by atoms with Crippen LogP contribution in [0.4, 0.5) is 11.4 Å². The molecule has 230 valence electrons. The fourth-order valence-corrected chi connectivity index (χ4v) is 8.23. The van der Waals surface area contributed by atoms with Gasteiger partial charge in [0, 0.05) is 16.8 Å². The molecule has 4 aromatic rings. The van der Waals surface area contributed by atoms with Gasteiger partial charge in [0.15, 0.2) is 0 Å². The molecule has 0 aromatic heterocycles. The molecule has 44 heavy (non-hydrogen) atoms. The summed E-state index contributed by atoms with van der Waals surface area (Å²) in [4.78, 5) is 0. The summed E-state index contributed by atoms with van der Waals surface area (Å²) in [6.45, 7) is 2.38. The normalized spacial score (nSPS) is 20.4. The number of benzene rings is 4. The molecule has 0 amide bonds. The molecule has 0 saturated heterocycles. The standard InChI is InChI=1S/C42H52N2/c1-2-31-3-5-32(6-4-31)7-8-33-25-27-42(28-26-33,38-17-9-34(10-18-38)29-36-13-21-40(43)22-14-36)39-19-11-35(12-20-39)30-37-15-23-41(44)24-16-37/h9-24,31-33H,2-8,25-30,43-44H2,1H3. The molecule has 2 heteroatoms. The van der Waals surface area contributed by atoms with Crippen LogP contribution in [0.2, 0.25) is 0 Å². The molecule has 2 nitrogen and oxygen atoms in total. The Bertz CT molecular complexity index is 1340. The zero-order valence-corrected chi connectivity index (χ0v) is 26.8. The van der Waals surface area contributed by atoms with E-state index in [1.807, 2.05) is 24.3 Å². The molecule has 4 N–H and O–H groups in total. The van der Waals surface area contributed by atoms with Gasteiger partial charge < -0.3 is 11.5 Å². The molecule has 2 aliphatic carbocycles. The first-order valence-electron chi connectivity index (χ1n) is 17.4. The molecule has 0 unspecified atom stereocenters. The summed E-state index contributed by atoms with van der Waals surface area (Å²) in [6, 6.07) is 35.8. The van der Waals surface area contributed by atoms with Gasteiger partial charge in [-0.25, -0.2) is 0 Å². The van der Waals surface area contributed by atoms with Crippen molar-refractivity contribution in [2.24, 2.45) is 17.8 Å². The van der Waals surface area contributed by atoms with Gasteiger partial charge in [0.1, 0.15) is 0 Å². The predicted octanol–water partition coefficient (Wildman–Crippen LogP) is 10.5. The highest BCUT2D eigenvalue weighted by Gasteiger charge is 2.38. The van der Waals surface area contributed by atoms with E-state index in [2.05, 4.69) is 79.7 Å². The van der Waals surface area contributed by atoms with Crippen LogP contribution in [0.15, 0.2) is 97.1 Å². The first kappa shape index (κ1) is 30.5. The van der Waals surface area contributed by atoms with Crippen LogP contribution in [-0.2, 0) is 18.3 Å². The molecule has 6 rings (SSSR count). The number of hydrogen-bond acceptors (Lipinski definition) is 2. The Morgan fingerprint density at radius 3 is 1.20 bits per heavy atom. The minimum Gasteiger partial charge on any atom is -0.399 e. The van der Waals surface area contributed by atoms with Crippen molar-refractivity contribution in [3.05, 3.63) is 130 Å². The Labute approximate surface area is 266 Å². The Morgan fingerprint density at radius 2 is 0.818 bits per heavy atom. The maximum Gasteiger partial charge on any atom is 0.0314 e. The summed E-state index contributed by atoms with van der Waals surface area (Å²) in [6.07, 6.45) is 17.2. The van der Waals surface area contributed by atoms with Crippen LogP contribution in [0.5, 0.6) is 0 Å². The summed E-state index contributed by atoms with van der Waals surface area (Å²) in [5.74, 6) is 2.85. The smallest absolute Gasteiger partial charge is 0.0314 e. The van der Waals surface area contributed by atoms with Gasteiger partial charge in [0.05, 0.1) is 0 Å². The average Bonchev–Trinajstić information content (AvgIpc) is 3.07. The van der Waals surface area contributed by atoms with E-state index < -0.39 is 0 Å². The fraction of sp³-hybridized carbons (Fsp3) is 0.429. The third-order valence-electron chi connectivity index (χ3n) is 11.3. The lowest BCUT2D eigenvalue weighted by Crippen LogP contribution is -2.33. The quantitative estimate of drug-likeness (QED) is 0.182. The Hall–Kier alpha value is -3.52. The summed E-state index contributed by atoms with van der Waals surface area (Å²) in [5.41, 5.74) is 21.9. The molecule has 0 spiro atoms. The largest absolute Gasteiger partial charge is 0.399 e. The number of nitrogens with two attached hydrogens (primary N) is 2. The van der Waals surface area contributed by atoms with Gasteiger partial charge >= 0.3 is 0 Å². The van der Waals surface area contributed by atoms with E-state index in [1.165, 1.54) is 104 Å². The molecular formula is C42H52N2. The maximum absolute atomic E-state index is 5.92. The van der Waals surface area contributed by atoms with Crippen LogP contribution < -0.4 is 11.5 Å². The highest BCUT2D eigenvalue weighted by molar-refractivity contribution is 5.45. The van der Waals surface area contributed by atoms with Crippen LogP contribution in [0.25, 0.3) is 0 Å². The van der Waals surface area contributed by atoms with E-state index in [1.54, 1.807) is 0 Å². The minimum atomic E-state index is 0.0924. The second-order valence-corrected chi connectivity index (χ2v) is 14.1. The second-order valence-electron chi connectivity index (χ2n) is 14.1. The maximum atomic E-state index is 5.92. The third-order valence-corrected chi connectivity index (χ3v) is 11.3. The number of nitrogen functional groups attached to an aromatic ring is 2. The minimum absolute atomic E-state index is 0.0924. The molecular weight excluding hydrogens is 532 g/mol. The Kier molecular flexibility index (Phi) is 9.75. The zero-order valence-electron chi connectivity index (χ0n) is 26.8. The average molecular weight is 585 g/mol. The lowest BCUT2D eigenvalue weighted by Gasteiger charge is -2.42. The topological polar surface area (TPSA) is 52.0 Å². The molecule has 0 atom stereocenters. The van der Waals surface area contributed by atoms with Crippen molar-refractivity contribution < 1.29 is 0 Å². The second kappa shape index (κ2) is 14.1. The molecule has 0 bridgehead atoms. The molecule has 2 saturated carbocycles. The highest BCUT2D eigenvalue weighted by Crippen LogP contribution is 2.48. The van der Waals surface area contributed by atoms with Crippen LogP contribution in [0.1, 0.15) is 111 Å². The van der Waals surface area contributed by atoms with Crippen LogP contribution >= 0.6 is 0 Å². The Balaban J connectivity index is 1.17. The zero-order chi connectivity index (χ0) is 30.4. The fourth-order valence-electron chi connectivity index (χ4n) is 8.23. The lowest BCUT2D eigenvalue weighted by molar-refractivity contribution is 0.212. The summed E-state index contributed by atoms with van der Waals surface area (Å²) in [7, 11) is 0. The molecule has 0 heterocycles. The number of rotatable bonds is 10. The predicted molar refractivity (Wildman–Crippen MR) is 188 cm³/mol. The van der Waals surface area contributed by atoms with Gasteiger partial charge in [0.2, 0.25) is 0 Å². The first-order chi connectivity index (χ1) is 21.5. The van der Waals surface area contributed by atoms with Crippen LogP contribution in [0.3, 0.4) is 0 Å². The van der Waals surface area contributed by atoms with Gasteiger partial charge in [-0.3, -0.25) is 0 Å². The van der Waals surface area contributed by atoms with Crippen molar-refractivity contribution in [1.82, 2.24) is 0 Å². The lowest BCUT2D eigenvalue weighted by atomic mass is 9.62. The number of anilines is 2. The van der Waals surface area contributed by atoms with Crippen molar-refractivity contribution in [1.29, 1.82) is 0 Å². The first-order valence-corrected chi connectivity index (χ1v) is 17.4. The van der Waals surface area contributed by atoms with Crippen molar-refractivity contribution in [2.45, 2.75) is 95.8 Å². The van der Waals surface area contributed by atoms with E-state index in [9.17, 15) is 0 Å². The monoisotopic (exact) mass is 584 g/mol. The highest BCUT2D eigenvalue weighted by atomic mass is 14.5. The van der Waals surface area contributed by atoms with E-state index >= 15 is 0 Å². The summed E-state index contributed by atoms with van der Waals surface area (Å²) in [5, 5.41) is 0. The molecule has 2 fully saturated rings. The van der Waals surface area contributed by atoms with Crippen molar-refractivity contribution in [3.8, 4) is 0 Å².